The molecule has 0 aliphatic carbocycles. The number of pyridine rings is 1. The summed E-state index contributed by atoms with van der Waals surface area (Å²) >= 11 is 2.51. The number of hydrogen-bond donors (Lipinski definition) is 2. The topological polar surface area (TPSA) is 138 Å². The van der Waals surface area contributed by atoms with Gasteiger partial charge in [-0.1, -0.05) is 59.9 Å². The summed E-state index contributed by atoms with van der Waals surface area (Å²) in [4.78, 5) is 22.1. The Morgan fingerprint density at radius 3 is 2.51 bits per heavy atom. The number of anilines is 2. The summed E-state index contributed by atoms with van der Waals surface area (Å²) in [6.07, 6.45) is 0.474. The van der Waals surface area contributed by atoms with Crippen LogP contribution in [0.3, 0.4) is 0 Å². The van der Waals surface area contributed by atoms with Crippen LogP contribution in [-0.4, -0.2) is 27.7 Å². The molecule has 8 nitrogen and oxygen atoms in total. The molecular formula is C27H24N6O2S2. The second kappa shape index (κ2) is 11.3. The highest BCUT2D eigenvalue weighted by atomic mass is 32.2. The molecule has 0 aliphatic heterocycles. The molecule has 0 aliphatic rings. The second-order valence-electron chi connectivity index (χ2n) is 8.10. The number of aromatic nitrogens is 2. The monoisotopic (exact) mass is 528 g/mol. The second-order valence-corrected chi connectivity index (χ2v) is 10.3. The lowest BCUT2D eigenvalue weighted by Gasteiger charge is -2.17. The van der Waals surface area contributed by atoms with Gasteiger partial charge in [-0.25, -0.2) is 9.97 Å². The molecule has 0 spiro atoms. The van der Waals surface area contributed by atoms with Gasteiger partial charge in [-0.05, 0) is 44.0 Å². The number of nitriles is 2. The lowest BCUT2D eigenvalue weighted by atomic mass is 9.96. The van der Waals surface area contributed by atoms with E-state index in [4.69, 9.17) is 10.5 Å². The highest BCUT2D eigenvalue weighted by molar-refractivity contribution is 8.00. The van der Waals surface area contributed by atoms with E-state index in [0.29, 0.717) is 34.3 Å². The molecule has 1 amide bonds. The molecule has 3 N–H and O–H groups in total. The predicted molar refractivity (Wildman–Crippen MR) is 148 cm³/mol. The third-order valence-corrected chi connectivity index (χ3v) is 7.86. The smallest absolute Gasteiger partial charge is 0.239 e. The van der Waals surface area contributed by atoms with E-state index in [9.17, 15) is 15.3 Å². The number of carbonyl (C=O) groups excluding carboxylic acids is 1. The van der Waals surface area contributed by atoms with Gasteiger partial charge in [-0.15, -0.1) is 0 Å². The van der Waals surface area contributed by atoms with Crippen LogP contribution in [0.2, 0.25) is 0 Å². The molecule has 10 heteroatoms. The number of rotatable bonds is 8. The van der Waals surface area contributed by atoms with E-state index in [-0.39, 0.29) is 22.9 Å². The lowest BCUT2D eigenvalue weighted by molar-refractivity contribution is -0.115. The number of nitrogen functional groups attached to an aromatic ring is 1. The number of fused-ring (bicyclic) bond motifs is 1. The molecule has 0 bridgehead atoms. The summed E-state index contributed by atoms with van der Waals surface area (Å²) in [6, 6.07) is 17.4. The zero-order chi connectivity index (χ0) is 26.5. The first-order valence-electron chi connectivity index (χ1n) is 11.6. The van der Waals surface area contributed by atoms with Crippen molar-refractivity contribution in [1.29, 1.82) is 10.5 Å². The molecule has 0 fully saturated rings. The minimum atomic E-state index is -0.566. The van der Waals surface area contributed by atoms with Gasteiger partial charge in [-0.2, -0.15) is 10.5 Å². The van der Waals surface area contributed by atoms with Crippen LogP contribution in [0.15, 0.2) is 47.5 Å². The van der Waals surface area contributed by atoms with E-state index < -0.39 is 5.25 Å². The third kappa shape index (κ3) is 5.51. The Bertz CT molecular complexity index is 1550. The summed E-state index contributed by atoms with van der Waals surface area (Å²) in [5.74, 6) is 0.504. The molecular weight excluding hydrogens is 504 g/mol. The SMILES string of the molecule is CCOc1ccc2nc(NC(=O)C(CC)Sc3nc(N)c(C#N)c(-c4ccc(C)cc4)c3C#N)sc2c1. The average molecular weight is 529 g/mol. The molecule has 4 rings (SSSR count). The van der Waals surface area contributed by atoms with Gasteiger partial charge in [-0.3, -0.25) is 4.79 Å². The minimum absolute atomic E-state index is 0.0195. The first-order chi connectivity index (χ1) is 17.9. The number of thioether (sulfide) groups is 1. The van der Waals surface area contributed by atoms with Crippen molar-refractivity contribution in [3.63, 3.8) is 0 Å². The van der Waals surface area contributed by atoms with Gasteiger partial charge in [0, 0.05) is 5.56 Å². The normalized spacial score (nSPS) is 11.5. The number of benzene rings is 2. The zero-order valence-electron chi connectivity index (χ0n) is 20.5. The van der Waals surface area contributed by atoms with E-state index in [1.54, 1.807) is 0 Å². The van der Waals surface area contributed by atoms with Crippen molar-refractivity contribution in [2.75, 3.05) is 17.7 Å². The zero-order valence-corrected chi connectivity index (χ0v) is 22.2. The van der Waals surface area contributed by atoms with E-state index in [2.05, 4.69) is 27.4 Å². The number of ether oxygens (including phenoxy) is 1. The maximum atomic E-state index is 13.2. The number of thiazole rings is 1. The van der Waals surface area contributed by atoms with Crippen LogP contribution < -0.4 is 15.8 Å². The molecule has 2 aromatic heterocycles. The molecule has 1 atom stereocenters. The number of aryl methyl sites for hydroxylation is 1. The fourth-order valence-corrected chi connectivity index (χ4v) is 5.67. The highest BCUT2D eigenvalue weighted by Gasteiger charge is 2.26. The molecule has 2 aromatic carbocycles. The van der Waals surface area contributed by atoms with E-state index in [0.717, 1.165) is 33.3 Å². The number of nitrogens with one attached hydrogen (secondary N) is 1. The van der Waals surface area contributed by atoms with Crippen molar-refractivity contribution < 1.29 is 9.53 Å². The van der Waals surface area contributed by atoms with Crippen LogP contribution in [0.25, 0.3) is 21.3 Å². The van der Waals surface area contributed by atoms with E-state index >= 15 is 0 Å². The maximum Gasteiger partial charge on any atom is 0.239 e. The van der Waals surface area contributed by atoms with Crippen molar-refractivity contribution >= 4 is 50.2 Å². The standard InChI is InChI=1S/C27H24N6O2S2/c1-4-21(25(34)33-27-31-20-11-10-17(35-5-2)12-22(20)37-27)36-26-19(14-29)23(18(13-28)24(30)32-26)16-8-6-15(3)7-9-16/h6-12,21H,4-5H2,1-3H3,(H2,30,32)(H,31,33,34). The Morgan fingerprint density at radius 1 is 1.14 bits per heavy atom. The molecule has 4 aromatic rings. The predicted octanol–water partition coefficient (Wildman–Crippen LogP) is 5.90. The largest absolute Gasteiger partial charge is 0.494 e. The summed E-state index contributed by atoms with van der Waals surface area (Å²) in [7, 11) is 0. The minimum Gasteiger partial charge on any atom is -0.494 e. The van der Waals surface area contributed by atoms with Crippen molar-refractivity contribution in [3.8, 4) is 29.0 Å². The fraction of sp³-hybridized carbons (Fsp3) is 0.222. The van der Waals surface area contributed by atoms with Crippen LogP contribution in [-0.2, 0) is 4.79 Å². The number of amides is 1. The Hall–Kier alpha value is -4.12. The van der Waals surface area contributed by atoms with Crippen LogP contribution in [0, 0.1) is 29.6 Å². The highest BCUT2D eigenvalue weighted by Crippen LogP contribution is 2.38. The molecule has 37 heavy (non-hydrogen) atoms. The Balaban J connectivity index is 1.64. The first kappa shape index (κ1) is 26.0. The van der Waals surface area contributed by atoms with Crippen molar-refractivity contribution in [2.24, 2.45) is 0 Å². The number of nitrogens with two attached hydrogens (primary N) is 1. The molecule has 0 saturated carbocycles. The molecule has 0 saturated heterocycles. The van der Waals surface area contributed by atoms with Gasteiger partial charge in [0.15, 0.2) is 5.13 Å². The van der Waals surface area contributed by atoms with E-state index in [1.165, 1.54) is 11.3 Å². The van der Waals surface area contributed by atoms with Gasteiger partial charge >= 0.3 is 0 Å². The third-order valence-electron chi connectivity index (χ3n) is 5.57. The lowest BCUT2D eigenvalue weighted by Crippen LogP contribution is -2.25. The summed E-state index contributed by atoms with van der Waals surface area (Å²) < 4.78 is 6.45. The summed E-state index contributed by atoms with van der Waals surface area (Å²) in [5.41, 5.74) is 9.42. The summed E-state index contributed by atoms with van der Waals surface area (Å²) in [5, 5.41) is 22.9. The Morgan fingerprint density at radius 2 is 1.86 bits per heavy atom. The molecule has 0 radical (unpaired) electrons. The number of hydrogen-bond acceptors (Lipinski definition) is 9. The van der Waals surface area contributed by atoms with Crippen LogP contribution in [0.4, 0.5) is 10.9 Å². The Kier molecular flexibility index (Phi) is 7.92. The van der Waals surface area contributed by atoms with Gasteiger partial charge in [0.05, 0.1) is 27.6 Å². The van der Waals surface area contributed by atoms with Crippen LogP contribution >= 0.6 is 23.1 Å². The van der Waals surface area contributed by atoms with Crippen molar-refractivity contribution in [2.45, 2.75) is 37.5 Å². The van der Waals surface area contributed by atoms with Gasteiger partial charge in [0.2, 0.25) is 5.91 Å². The van der Waals surface area contributed by atoms with Gasteiger partial charge < -0.3 is 15.8 Å². The van der Waals surface area contributed by atoms with E-state index in [1.807, 2.05) is 63.2 Å². The van der Waals surface area contributed by atoms with Crippen LogP contribution in [0.5, 0.6) is 5.75 Å². The molecule has 1 unspecified atom stereocenters. The number of nitrogens with zero attached hydrogens (tertiary/aromatic N) is 4. The molecule has 2 heterocycles. The van der Waals surface area contributed by atoms with Crippen molar-refractivity contribution in [3.05, 3.63) is 59.2 Å². The van der Waals surface area contributed by atoms with Gasteiger partial charge in [0.1, 0.15) is 34.3 Å². The summed E-state index contributed by atoms with van der Waals surface area (Å²) in [6.45, 7) is 6.32. The Labute approximate surface area is 223 Å². The fourth-order valence-electron chi connectivity index (χ4n) is 3.75. The molecule has 186 valence electrons. The van der Waals surface area contributed by atoms with Gasteiger partial charge in [0.25, 0.3) is 0 Å². The quantitative estimate of drug-likeness (QED) is 0.270. The first-order valence-corrected chi connectivity index (χ1v) is 13.3. The maximum absolute atomic E-state index is 13.2. The van der Waals surface area contributed by atoms with Crippen LogP contribution in [0.1, 0.15) is 37.0 Å². The van der Waals surface area contributed by atoms with Crippen molar-refractivity contribution in [1.82, 2.24) is 9.97 Å². The number of carbonyl (C=O) groups is 1. The average Bonchev–Trinajstić information content (AvgIpc) is 3.29.